The minimum absolute atomic E-state index is 0.0309. The normalized spacial score (nSPS) is 13.0. The summed E-state index contributed by atoms with van der Waals surface area (Å²) in [5, 5.41) is 5.33. The molecular weight excluding hydrogens is 480 g/mol. The Morgan fingerprint density at radius 3 is 2.47 bits per heavy atom. The SMILES string of the molecule is CCOC(=O)NC(=O)c1c(NC(=O)CCCS(=O)(=O)c2ccc(OC)cc2)sc2c1CCCC2. The standard InChI is InChI=1S/C23H28N2O7S2/c1-3-32-23(28)25-21(27)20-17-7-4-5-8-18(17)33-22(20)24-19(26)9-6-14-34(29,30)16-12-10-15(31-2)11-13-16/h10-13H,3-9,14H2,1-2H3,(H,24,26)(H,25,27,28). The van der Waals surface area contributed by atoms with Crippen molar-refractivity contribution in [1.82, 2.24) is 5.32 Å². The molecule has 3 rings (SSSR count). The lowest BCUT2D eigenvalue weighted by molar-refractivity contribution is -0.116. The van der Waals surface area contributed by atoms with E-state index < -0.39 is 27.7 Å². The van der Waals surface area contributed by atoms with Crippen molar-refractivity contribution in [2.75, 3.05) is 24.8 Å². The van der Waals surface area contributed by atoms with Crippen molar-refractivity contribution < 1.29 is 32.3 Å². The second-order valence-corrected chi connectivity index (χ2v) is 11.0. The molecule has 0 saturated carbocycles. The number of alkyl carbamates (subject to hydrolysis) is 1. The summed E-state index contributed by atoms with van der Waals surface area (Å²) in [5.41, 5.74) is 1.13. The minimum Gasteiger partial charge on any atom is -0.497 e. The Balaban J connectivity index is 1.65. The third-order valence-electron chi connectivity index (χ3n) is 5.38. The average Bonchev–Trinajstić information content (AvgIpc) is 3.16. The topological polar surface area (TPSA) is 128 Å². The number of fused-ring (bicyclic) bond motifs is 1. The lowest BCUT2D eigenvalue weighted by atomic mass is 9.95. The van der Waals surface area contributed by atoms with Crippen LogP contribution in [0, 0.1) is 0 Å². The zero-order valence-corrected chi connectivity index (χ0v) is 20.8. The molecule has 1 aliphatic rings. The molecule has 0 radical (unpaired) electrons. The van der Waals surface area contributed by atoms with Crippen LogP contribution < -0.4 is 15.4 Å². The summed E-state index contributed by atoms with van der Waals surface area (Å²) in [5.74, 6) is -0.645. The monoisotopic (exact) mass is 508 g/mol. The van der Waals surface area contributed by atoms with E-state index in [4.69, 9.17) is 9.47 Å². The van der Waals surface area contributed by atoms with Crippen LogP contribution in [0.5, 0.6) is 5.75 Å². The third-order valence-corrected chi connectivity index (χ3v) is 8.40. The lowest BCUT2D eigenvalue weighted by Crippen LogP contribution is -2.32. The van der Waals surface area contributed by atoms with Gasteiger partial charge in [0.2, 0.25) is 5.91 Å². The molecule has 184 valence electrons. The van der Waals surface area contributed by atoms with Crippen molar-refractivity contribution in [2.45, 2.75) is 50.3 Å². The molecule has 0 bridgehead atoms. The Morgan fingerprint density at radius 2 is 1.79 bits per heavy atom. The van der Waals surface area contributed by atoms with E-state index in [1.807, 2.05) is 0 Å². The number of carbonyl (C=O) groups is 3. The van der Waals surface area contributed by atoms with E-state index in [1.165, 1.54) is 30.6 Å². The summed E-state index contributed by atoms with van der Waals surface area (Å²) >= 11 is 1.32. The van der Waals surface area contributed by atoms with Gasteiger partial charge in [-0.2, -0.15) is 0 Å². The Morgan fingerprint density at radius 1 is 1.09 bits per heavy atom. The van der Waals surface area contributed by atoms with Crippen molar-refractivity contribution in [2.24, 2.45) is 0 Å². The van der Waals surface area contributed by atoms with E-state index in [2.05, 4.69) is 10.6 Å². The fourth-order valence-corrected chi connectivity index (χ4v) is 6.34. The van der Waals surface area contributed by atoms with Crippen LogP contribution in [0.15, 0.2) is 29.2 Å². The van der Waals surface area contributed by atoms with Gasteiger partial charge in [0.15, 0.2) is 9.84 Å². The van der Waals surface area contributed by atoms with Crippen LogP contribution in [0.25, 0.3) is 0 Å². The van der Waals surface area contributed by atoms with Gasteiger partial charge in [0, 0.05) is 11.3 Å². The molecule has 1 heterocycles. The predicted molar refractivity (Wildman–Crippen MR) is 128 cm³/mol. The molecule has 3 amide bonds. The first-order chi connectivity index (χ1) is 16.2. The van der Waals surface area contributed by atoms with Crippen LogP contribution in [0.1, 0.15) is 53.4 Å². The van der Waals surface area contributed by atoms with Crippen LogP contribution in [0.3, 0.4) is 0 Å². The Kier molecular flexibility index (Phi) is 8.67. The fourth-order valence-electron chi connectivity index (χ4n) is 3.73. The van der Waals surface area contributed by atoms with Gasteiger partial charge in [-0.1, -0.05) is 0 Å². The highest BCUT2D eigenvalue weighted by Crippen LogP contribution is 2.38. The van der Waals surface area contributed by atoms with Crippen LogP contribution in [0.2, 0.25) is 0 Å². The molecule has 1 aliphatic carbocycles. The van der Waals surface area contributed by atoms with Crippen LogP contribution in [-0.2, 0) is 32.2 Å². The smallest absolute Gasteiger partial charge is 0.414 e. The first kappa shape index (κ1) is 25.7. The van der Waals surface area contributed by atoms with E-state index in [0.29, 0.717) is 17.2 Å². The molecule has 0 aliphatic heterocycles. The first-order valence-electron chi connectivity index (χ1n) is 11.0. The van der Waals surface area contributed by atoms with E-state index >= 15 is 0 Å². The van der Waals surface area contributed by atoms with Gasteiger partial charge in [0.25, 0.3) is 5.91 Å². The first-order valence-corrected chi connectivity index (χ1v) is 13.5. The van der Waals surface area contributed by atoms with Gasteiger partial charge in [-0.3, -0.25) is 14.9 Å². The highest BCUT2D eigenvalue weighted by atomic mass is 32.2. The van der Waals surface area contributed by atoms with Crippen LogP contribution in [0.4, 0.5) is 9.80 Å². The number of anilines is 1. The van der Waals surface area contributed by atoms with Crippen molar-refractivity contribution in [1.29, 1.82) is 0 Å². The van der Waals surface area contributed by atoms with Gasteiger partial charge >= 0.3 is 6.09 Å². The molecule has 11 heteroatoms. The molecule has 0 spiro atoms. The number of hydrogen-bond donors (Lipinski definition) is 2. The second kappa shape index (κ2) is 11.5. The average molecular weight is 509 g/mol. The quantitative estimate of drug-likeness (QED) is 0.528. The maximum absolute atomic E-state index is 12.8. The lowest BCUT2D eigenvalue weighted by Gasteiger charge is -2.13. The van der Waals surface area contributed by atoms with Gasteiger partial charge in [0.05, 0.1) is 29.9 Å². The minimum atomic E-state index is -3.55. The number of carbonyl (C=O) groups excluding carboxylic acids is 3. The third kappa shape index (κ3) is 6.35. The largest absolute Gasteiger partial charge is 0.497 e. The summed E-state index contributed by atoms with van der Waals surface area (Å²) in [6, 6.07) is 6.08. The molecular formula is C23H28N2O7S2. The Hall–Kier alpha value is -2.92. The number of imide groups is 1. The predicted octanol–water partition coefficient (Wildman–Crippen LogP) is 3.71. The second-order valence-electron chi connectivity index (χ2n) is 7.74. The number of rotatable bonds is 9. The number of ether oxygens (including phenoxy) is 2. The van der Waals surface area contributed by atoms with Crippen molar-refractivity contribution in [3.05, 3.63) is 40.3 Å². The number of aryl methyl sites for hydroxylation is 1. The molecule has 2 aromatic rings. The molecule has 1 aromatic heterocycles. The number of amides is 3. The number of benzene rings is 1. The van der Waals surface area contributed by atoms with Gasteiger partial charge in [0.1, 0.15) is 10.8 Å². The van der Waals surface area contributed by atoms with Crippen molar-refractivity contribution in [3.63, 3.8) is 0 Å². The van der Waals surface area contributed by atoms with Crippen LogP contribution in [-0.4, -0.2) is 45.8 Å². The molecule has 0 unspecified atom stereocenters. The highest BCUT2D eigenvalue weighted by Gasteiger charge is 2.27. The number of thiophene rings is 1. The number of nitrogens with one attached hydrogen (secondary N) is 2. The Labute approximate surface area is 202 Å². The van der Waals surface area contributed by atoms with Gasteiger partial charge in [-0.05, 0) is 68.9 Å². The molecule has 2 N–H and O–H groups in total. The van der Waals surface area contributed by atoms with E-state index in [1.54, 1.807) is 19.1 Å². The molecule has 0 atom stereocenters. The molecule has 9 nitrogen and oxygen atoms in total. The van der Waals surface area contributed by atoms with Gasteiger partial charge < -0.3 is 14.8 Å². The molecule has 1 aromatic carbocycles. The van der Waals surface area contributed by atoms with E-state index in [9.17, 15) is 22.8 Å². The summed E-state index contributed by atoms with van der Waals surface area (Å²) in [7, 11) is -2.05. The maximum Gasteiger partial charge on any atom is 0.414 e. The zero-order valence-electron chi connectivity index (χ0n) is 19.1. The summed E-state index contributed by atoms with van der Waals surface area (Å²) < 4.78 is 34.9. The number of sulfone groups is 1. The Bertz CT molecular complexity index is 1150. The zero-order chi connectivity index (χ0) is 24.7. The van der Waals surface area contributed by atoms with E-state index in [0.717, 1.165) is 29.7 Å². The van der Waals surface area contributed by atoms with Gasteiger partial charge in [-0.25, -0.2) is 13.2 Å². The molecule has 0 fully saturated rings. The summed E-state index contributed by atoms with van der Waals surface area (Å²) in [6.45, 7) is 1.76. The number of hydrogen-bond acceptors (Lipinski definition) is 8. The maximum atomic E-state index is 12.8. The van der Waals surface area contributed by atoms with Crippen molar-refractivity contribution in [3.8, 4) is 5.75 Å². The summed E-state index contributed by atoms with van der Waals surface area (Å²) in [4.78, 5) is 38.3. The highest BCUT2D eigenvalue weighted by molar-refractivity contribution is 7.91. The molecule has 0 saturated heterocycles. The fraction of sp³-hybridized carbons (Fsp3) is 0.435. The van der Waals surface area contributed by atoms with Crippen LogP contribution >= 0.6 is 11.3 Å². The van der Waals surface area contributed by atoms with E-state index in [-0.39, 0.29) is 35.7 Å². The number of methoxy groups -OCH3 is 1. The van der Waals surface area contributed by atoms with Gasteiger partial charge in [-0.15, -0.1) is 11.3 Å². The van der Waals surface area contributed by atoms with Crippen molar-refractivity contribution >= 4 is 44.1 Å². The summed E-state index contributed by atoms with van der Waals surface area (Å²) in [6.07, 6.45) is 2.64. The molecule has 34 heavy (non-hydrogen) atoms.